The van der Waals surface area contributed by atoms with Gasteiger partial charge in [-0.15, -0.1) is 0 Å². The smallest absolute Gasteiger partial charge is 0.382 e. The zero-order valence-corrected chi connectivity index (χ0v) is 23.3. The third-order valence-corrected chi connectivity index (χ3v) is 7.44. The minimum atomic E-state index is -4.32. The minimum Gasteiger partial charge on any atom is -0.382 e. The summed E-state index contributed by atoms with van der Waals surface area (Å²) in [5.41, 5.74) is 5.42. The predicted octanol–water partition coefficient (Wildman–Crippen LogP) is 5.80. The van der Waals surface area contributed by atoms with Crippen LogP contribution in [0.4, 0.5) is 18.9 Å². The molecule has 8 nitrogen and oxygen atoms in total. The second kappa shape index (κ2) is 10.9. The van der Waals surface area contributed by atoms with Crippen LogP contribution in [-0.4, -0.2) is 46.5 Å². The molecule has 2 amide bonds. The first-order valence-electron chi connectivity index (χ1n) is 13.4. The lowest BCUT2D eigenvalue weighted by molar-refractivity contribution is -0.131. The number of nitriles is 1. The number of halogens is 3. The Morgan fingerprint density at radius 2 is 1.64 bits per heavy atom. The maximum Gasteiger partial charge on any atom is 0.390 e. The average molecular weight is 575 g/mol. The van der Waals surface area contributed by atoms with Crippen molar-refractivity contribution in [1.29, 1.82) is 5.26 Å². The van der Waals surface area contributed by atoms with Crippen molar-refractivity contribution in [2.75, 3.05) is 18.9 Å². The molecular weight excluding hydrogens is 545 g/mol. The Bertz CT molecular complexity index is 1750. The number of hydrogen-bond acceptors (Lipinski definition) is 5. The van der Waals surface area contributed by atoms with Gasteiger partial charge in [0.05, 0.1) is 30.1 Å². The topological polar surface area (TPSA) is 111 Å². The molecule has 42 heavy (non-hydrogen) atoms. The van der Waals surface area contributed by atoms with E-state index in [1.165, 1.54) is 0 Å². The van der Waals surface area contributed by atoms with Crippen molar-refractivity contribution in [3.8, 4) is 28.5 Å². The number of imidazole rings is 1. The number of carbonyl (C=O) groups is 2. The summed E-state index contributed by atoms with van der Waals surface area (Å²) in [6, 6.07) is 14.6. The molecule has 0 aliphatic heterocycles. The lowest BCUT2D eigenvalue weighted by atomic mass is 9.99. The first kappa shape index (κ1) is 28.7. The van der Waals surface area contributed by atoms with E-state index in [0.29, 0.717) is 52.1 Å². The number of anilines is 1. The second-order valence-corrected chi connectivity index (χ2v) is 10.6. The number of aromatic nitrogens is 2. The monoisotopic (exact) mass is 574 g/mol. The summed E-state index contributed by atoms with van der Waals surface area (Å²) in [5, 5.41) is 17.6. The van der Waals surface area contributed by atoms with Gasteiger partial charge in [0.2, 0.25) is 0 Å². The Balaban J connectivity index is 1.56. The number of alkyl halides is 3. The quantitative estimate of drug-likeness (QED) is 0.247. The predicted molar refractivity (Wildman–Crippen MR) is 153 cm³/mol. The van der Waals surface area contributed by atoms with Crippen LogP contribution >= 0.6 is 0 Å². The van der Waals surface area contributed by atoms with E-state index in [-0.39, 0.29) is 18.4 Å². The molecule has 0 spiro atoms. The largest absolute Gasteiger partial charge is 0.390 e. The molecule has 0 bridgehead atoms. The molecule has 5 rings (SSSR count). The number of nitrogens with zero attached hydrogens (tertiary/aromatic N) is 3. The first-order chi connectivity index (χ1) is 19.9. The fourth-order valence-electron chi connectivity index (χ4n) is 4.91. The Hall–Kier alpha value is -4.85. The highest BCUT2D eigenvalue weighted by molar-refractivity contribution is 5.97. The van der Waals surface area contributed by atoms with Crippen LogP contribution in [-0.2, 0) is 0 Å². The van der Waals surface area contributed by atoms with Crippen LogP contribution in [0.1, 0.15) is 51.1 Å². The molecule has 11 heteroatoms. The van der Waals surface area contributed by atoms with E-state index in [1.807, 2.05) is 25.3 Å². The van der Waals surface area contributed by atoms with Gasteiger partial charge >= 0.3 is 6.18 Å². The SMILES string of the molecule is CNC(=O)c1ccc(-c2cnc3c(NCCC(F)(F)F)cc(-c4ccc(C(=O)NC5(C#N)CC5)c(C)c4)cn23)cc1C. The van der Waals surface area contributed by atoms with Crippen molar-refractivity contribution >= 4 is 23.1 Å². The zero-order valence-electron chi connectivity index (χ0n) is 23.3. The Labute approximate surface area is 240 Å². The Kier molecular flexibility index (Phi) is 7.41. The van der Waals surface area contributed by atoms with Gasteiger partial charge in [-0.1, -0.05) is 18.2 Å². The highest BCUT2D eigenvalue weighted by atomic mass is 19.4. The molecule has 4 aromatic rings. The van der Waals surface area contributed by atoms with Crippen LogP contribution in [0, 0.1) is 25.2 Å². The summed E-state index contributed by atoms with van der Waals surface area (Å²) in [5.74, 6) is -0.529. The number of amides is 2. The summed E-state index contributed by atoms with van der Waals surface area (Å²) in [6.45, 7) is 3.29. The van der Waals surface area contributed by atoms with E-state index in [0.717, 1.165) is 16.7 Å². The van der Waals surface area contributed by atoms with Crippen molar-refractivity contribution in [1.82, 2.24) is 20.0 Å². The van der Waals surface area contributed by atoms with E-state index in [2.05, 4.69) is 27.0 Å². The van der Waals surface area contributed by atoms with Gasteiger partial charge in [0.25, 0.3) is 11.8 Å². The number of fused-ring (bicyclic) bond motifs is 1. The lowest BCUT2D eigenvalue weighted by Gasteiger charge is -2.15. The van der Waals surface area contributed by atoms with Gasteiger partial charge in [0, 0.05) is 42.0 Å². The Morgan fingerprint density at radius 1 is 1.00 bits per heavy atom. The molecule has 3 N–H and O–H groups in total. The van der Waals surface area contributed by atoms with Crippen molar-refractivity contribution in [2.24, 2.45) is 0 Å². The lowest BCUT2D eigenvalue weighted by Crippen LogP contribution is -2.35. The number of hydrogen-bond donors (Lipinski definition) is 3. The molecule has 0 radical (unpaired) electrons. The Morgan fingerprint density at radius 3 is 2.24 bits per heavy atom. The maximum atomic E-state index is 12.9. The van der Waals surface area contributed by atoms with Gasteiger partial charge in [-0.3, -0.25) is 14.0 Å². The maximum absolute atomic E-state index is 12.9. The van der Waals surface area contributed by atoms with Crippen LogP contribution in [0.2, 0.25) is 0 Å². The summed E-state index contributed by atoms with van der Waals surface area (Å²) in [4.78, 5) is 29.5. The van der Waals surface area contributed by atoms with Gasteiger partial charge in [-0.05, 0) is 67.6 Å². The van der Waals surface area contributed by atoms with Crippen molar-refractivity contribution < 1.29 is 22.8 Å². The van der Waals surface area contributed by atoms with Crippen LogP contribution in [0.3, 0.4) is 0 Å². The van der Waals surface area contributed by atoms with Gasteiger partial charge in [-0.25, -0.2) is 4.98 Å². The summed E-state index contributed by atoms with van der Waals surface area (Å²) >= 11 is 0. The van der Waals surface area contributed by atoms with E-state index in [4.69, 9.17) is 0 Å². The molecule has 2 aromatic heterocycles. The van der Waals surface area contributed by atoms with Crippen molar-refractivity contribution in [2.45, 2.75) is 44.8 Å². The molecular formula is C31H29F3N6O2. The first-order valence-corrected chi connectivity index (χ1v) is 13.4. The number of carbonyl (C=O) groups excluding carboxylic acids is 2. The van der Waals surface area contributed by atoms with Gasteiger partial charge in [0.1, 0.15) is 5.54 Å². The van der Waals surface area contributed by atoms with E-state index in [1.54, 1.807) is 54.9 Å². The average Bonchev–Trinajstić information content (AvgIpc) is 3.58. The van der Waals surface area contributed by atoms with Crippen molar-refractivity contribution in [3.63, 3.8) is 0 Å². The second-order valence-electron chi connectivity index (χ2n) is 10.6. The molecule has 1 saturated carbocycles. The molecule has 0 saturated heterocycles. The molecule has 0 unspecified atom stereocenters. The molecule has 1 fully saturated rings. The van der Waals surface area contributed by atoms with Crippen LogP contribution in [0.5, 0.6) is 0 Å². The molecule has 216 valence electrons. The summed E-state index contributed by atoms with van der Waals surface area (Å²) in [6.07, 6.45) is -0.592. The molecule has 1 aliphatic carbocycles. The van der Waals surface area contributed by atoms with Crippen LogP contribution < -0.4 is 16.0 Å². The minimum absolute atomic E-state index is 0.206. The van der Waals surface area contributed by atoms with Crippen LogP contribution in [0.15, 0.2) is 54.9 Å². The molecule has 2 aromatic carbocycles. The summed E-state index contributed by atoms with van der Waals surface area (Å²) < 4.78 is 40.6. The molecule has 2 heterocycles. The standard InChI is InChI=1S/C31H29F3N6O2/c1-18-12-20(4-6-24(18)29(42)39-30(17-35)8-9-30)22-14-25(37-11-10-31(32,33)34)27-38-15-26(40(27)16-22)21-5-7-23(19(2)13-21)28(41)36-3/h4-7,12-16,37H,8-11H2,1-3H3,(H,36,41)(H,39,42). The fourth-order valence-corrected chi connectivity index (χ4v) is 4.91. The fraction of sp³-hybridized carbons (Fsp3) is 0.290. The van der Waals surface area contributed by atoms with Crippen molar-refractivity contribution in [3.05, 3.63) is 77.1 Å². The number of pyridine rings is 1. The zero-order chi connectivity index (χ0) is 30.2. The number of nitrogens with one attached hydrogen (secondary N) is 3. The number of benzene rings is 2. The summed E-state index contributed by atoms with van der Waals surface area (Å²) in [7, 11) is 1.56. The molecule has 1 aliphatic rings. The third kappa shape index (κ3) is 5.79. The highest BCUT2D eigenvalue weighted by Crippen LogP contribution is 2.35. The van der Waals surface area contributed by atoms with E-state index >= 15 is 0 Å². The number of rotatable bonds is 8. The normalized spacial score (nSPS) is 13.8. The van der Waals surface area contributed by atoms with Gasteiger partial charge < -0.3 is 16.0 Å². The third-order valence-electron chi connectivity index (χ3n) is 7.44. The highest BCUT2D eigenvalue weighted by Gasteiger charge is 2.44. The van der Waals surface area contributed by atoms with E-state index < -0.39 is 18.1 Å². The molecule has 0 atom stereocenters. The van der Waals surface area contributed by atoms with Gasteiger partial charge in [0.15, 0.2) is 5.65 Å². The van der Waals surface area contributed by atoms with Crippen LogP contribution in [0.25, 0.3) is 28.0 Å². The van der Waals surface area contributed by atoms with E-state index in [9.17, 15) is 28.0 Å². The van der Waals surface area contributed by atoms with Gasteiger partial charge in [-0.2, -0.15) is 18.4 Å². The number of aryl methyl sites for hydroxylation is 2.